The van der Waals surface area contributed by atoms with Crippen LogP contribution in [-0.2, 0) is 10.0 Å². The van der Waals surface area contributed by atoms with Crippen LogP contribution in [0, 0.1) is 12.8 Å². The molecule has 8 heteroatoms. The van der Waals surface area contributed by atoms with E-state index in [-0.39, 0.29) is 10.6 Å². The third-order valence-electron chi connectivity index (χ3n) is 3.92. The average Bonchev–Trinajstić information content (AvgIpc) is 3.03. The molecule has 1 saturated carbocycles. The quantitative estimate of drug-likeness (QED) is 0.662. The first-order chi connectivity index (χ1) is 9.92. The van der Waals surface area contributed by atoms with E-state index < -0.39 is 21.7 Å². The number of rotatable bonds is 7. The van der Waals surface area contributed by atoms with Gasteiger partial charge in [0.25, 0.3) is 0 Å². The Morgan fingerprint density at radius 1 is 1.43 bits per heavy atom. The summed E-state index contributed by atoms with van der Waals surface area (Å²) in [6.07, 6.45) is 6.79. The molecule has 1 aromatic rings. The molecule has 1 aliphatic rings. The predicted octanol–water partition coefficient (Wildman–Crippen LogP) is 1.67. The molecule has 1 heterocycles. The van der Waals surface area contributed by atoms with Crippen LogP contribution in [0.1, 0.15) is 54.7 Å². The van der Waals surface area contributed by atoms with Gasteiger partial charge in [-0.1, -0.05) is 25.7 Å². The number of carboxylic acids is 1. The smallest absolute Gasteiger partial charge is 0.357 e. The van der Waals surface area contributed by atoms with Crippen LogP contribution < -0.4 is 4.72 Å². The van der Waals surface area contributed by atoms with Crippen molar-refractivity contribution in [2.24, 2.45) is 5.92 Å². The first-order valence-electron chi connectivity index (χ1n) is 7.19. The third-order valence-corrected chi connectivity index (χ3v) is 5.54. The summed E-state index contributed by atoms with van der Waals surface area (Å²) in [5.41, 5.74) is -0.230. The molecule has 1 aliphatic carbocycles. The molecule has 3 N–H and O–H groups in total. The van der Waals surface area contributed by atoms with Crippen LogP contribution in [-0.4, -0.2) is 36.2 Å². The second-order valence-electron chi connectivity index (χ2n) is 5.52. The normalized spacial score (nSPS) is 16.4. The second-order valence-corrected chi connectivity index (χ2v) is 7.23. The number of carbonyl (C=O) groups is 1. The lowest BCUT2D eigenvalue weighted by Gasteiger charge is -2.10. The van der Waals surface area contributed by atoms with E-state index in [0.717, 1.165) is 12.8 Å². The van der Waals surface area contributed by atoms with Crippen LogP contribution >= 0.6 is 0 Å². The first-order valence-corrected chi connectivity index (χ1v) is 8.68. The van der Waals surface area contributed by atoms with Crippen LogP contribution in [0.2, 0.25) is 0 Å². The number of aryl methyl sites for hydroxylation is 1. The van der Waals surface area contributed by atoms with Gasteiger partial charge in [-0.15, -0.1) is 0 Å². The molecule has 7 nitrogen and oxygen atoms in total. The minimum Gasteiger partial charge on any atom is -0.476 e. The fourth-order valence-corrected chi connectivity index (χ4v) is 4.25. The Morgan fingerprint density at radius 2 is 2.10 bits per heavy atom. The lowest BCUT2D eigenvalue weighted by molar-refractivity contribution is 0.0686. The van der Waals surface area contributed by atoms with Crippen LogP contribution in [0.25, 0.3) is 0 Å². The molecule has 2 rings (SSSR count). The number of aromatic nitrogens is 2. The standard InChI is InChI=1S/C13H21N3O4S/c1-9-12(11(13(17)18)16-15-9)21(19,20)14-8-4-7-10-5-2-3-6-10/h10,14H,2-8H2,1H3,(H,15,16)(H,17,18). The summed E-state index contributed by atoms with van der Waals surface area (Å²) in [7, 11) is -3.84. The average molecular weight is 315 g/mol. The Balaban J connectivity index is 1.95. The Hall–Kier alpha value is -1.41. The van der Waals surface area contributed by atoms with Crippen molar-refractivity contribution in [3.63, 3.8) is 0 Å². The van der Waals surface area contributed by atoms with E-state index in [2.05, 4.69) is 14.9 Å². The van der Waals surface area contributed by atoms with E-state index >= 15 is 0 Å². The SMILES string of the molecule is Cc1[nH]nc(C(=O)O)c1S(=O)(=O)NCCCC1CCCC1. The lowest BCUT2D eigenvalue weighted by atomic mass is 10.0. The highest BCUT2D eigenvalue weighted by Crippen LogP contribution is 2.28. The number of H-pyrrole nitrogens is 1. The highest BCUT2D eigenvalue weighted by molar-refractivity contribution is 7.89. The van der Waals surface area contributed by atoms with Gasteiger partial charge in [0.15, 0.2) is 5.69 Å². The summed E-state index contributed by atoms with van der Waals surface area (Å²) in [6.45, 7) is 1.81. The van der Waals surface area contributed by atoms with E-state index in [9.17, 15) is 13.2 Å². The van der Waals surface area contributed by atoms with Crippen molar-refractivity contribution < 1.29 is 18.3 Å². The highest BCUT2D eigenvalue weighted by Gasteiger charge is 2.27. The zero-order valence-electron chi connectivity index (χ0n) is 12.1. The number of nitrogens with zero attached hydrogens (tertiary/aromatic N) is 1. The highest BCUT2D eigenvalue weighted by atomic mass is 32.2. The molecule has 0 radical (unpaired) electrons. The minimum atomic E-state index is -3.84. The van der Waals surface area contributed by atoms with Gasteiger partial charge < -0.3 is 5.11 Å². The predicted molar refractivity (Wildman–Crippen MR) is 76.7 cm³/mol. The summed E-state index contributed by atoms with van der Waals surface area (Å²) >= 11 is 0. The molecule has 21 heavy (non-hydrogen) atoms. The van der Waals surface area contributed by atoms with Crippen molar-refractivity contribution in [1.82, 2.24) is 14.9 Å². The molecule has 0 aromatic carbocycles. The number of hydrogen-bond acceptors (Lipinski definition) is 4. The van der Waals surface area contributed by atoms with E-state index in [1.165, 1.54) is 32.6 Å². The summed E-state index contributed by atoms with van der Waals surface area (Å²) in [6, 6.07) is 0. The Bertz CT molecular complexity index is 603. The molecule has 0 aliphatic heterocycles. The van der Waals surface area contributed by atoms with E-state index in [0.29, 0.717) is 12.5 Å². The number of aromatic carboxylic acids is 1. The van der Waals surface area contributed by atoms with Gasteiger partial charge in [-0.2, -0.15) is 5.10 Å². The Morgan fingerprint density at radius 3 is 2.71 bits per heavy atom. The molecule has 0 bridgehead atoms. The van der Waals surface area contributed by atoms with Crippen LogP contribution in [0.15, 0.2) is 4.90 Å². The third kappa shape index (κ3) is 3.82. The summed E-state index contributed by atoms with van der Waals surface area (Å²) in [4.78, 5) is 10.7. The van der Waals surface area contributed by atoms with Crippen molar-refractivity contribution in [1.29, 1.82) is 0 Å². The number of hydrogen-bond donors (Lipinski definition) is 3. The van der Waals surface area contributed by atoms with Crippen molar-refractivity contribution in [2.45, 2.75) is 50.3 Å². The maximum absolute atomic E-state index is 12.2. The number of sulfonamides is 1. The molecular formula is C13H21N3O4S. The van der Waals surface area contributed by atoms with E-state index in [1.807, 2.05) is 0 Å². The van der Waals surface area contributed by atoms with Crippen molar-refractivity contribution in [3.05, 3.63) is 11.4 Å². The van der Waals surface area contributed by atoms with Crippen LogP contribution in [0.3, 0.4) is 0 Å². The minimum absolute atomic E-state index is 0.232. The molecule has 1 aromatic heterocycles. The molecular weight excluding hydrogens is 294 g/mol. The molecule has 0 saturated heterocycles. The van der Waals surface area contributed by atoms with Gasteiger partial charge in [0, 0.05) is 6.54 Å². The van der Waals surface area contributed by atoms with Gasteiger partial charge >= 0.3 is 5.97 Å². The van der Waals surface area contributed by atoms with Gasteiger partial charge in [-0.05, 0) is 25.7 Å². The fraction of sp³-hybridized carbons (Fsp3) is 0.692. The molecule has 118 valence electrons. The number of aromatic amines is 1. The fourth-order valence-electron chi connectivity index (χ4n) is 2.86. The largest absolute Gasteiger partial charge is 0.476 e. The van der Waals surface area contributed by atoms with Crippen molar-refractivity contribution in [2.75, 3.05) is 6.54 Å². The van der Waals surface area contributed by atoms with Crippen LogP contribution in [0.5, 0.6) is 0 Å². The molecule has 0 unspecified atom stereocenters. The van der Waals surface area contributed by atoms with Gasteiger partial charge in [-0.25, -0.2) is 17.9 Å². The topological polar surface area (TPSA) is 112 Å². The maximum atomic E-state index is 12.2. The zero-order valence-corrected chi connectivity index (χ0v) is 12.9. The summed E-state index contributed by atoms with van der Waals surface area (Å²) < 4.78 is 26.9. The first kappa shape index (κ1) is 16.0. The molecule has 1 fully saturated rings. The summed E-state index contributed by atoms with van der Waals surface area (Å²) in [5.74, 6) is -0.648. The molecule has 0 atom stereocenters. The second kappa shape index (κ2) is 6.57. The van der Waals surface area contributed by atoms with Gasteiger partial charge in [0.05, 0.1) is 5.69 Å². The monoisotopic (exact) mass is 315 g/mol. The molecule has 0 amide bonds. The Labute approximate surface area is 124 Å². The summed E-state index contributed by atoms with van der Waals surface area (Å²) in [5, 5.41) is 14.9. The van der Waals surface area contributed by atoms with Gasteiger partial charge in [0.1, 0.15) is 4.90 Å². The number of nitrogens with one attached hydrogen (secondary N) is 2. The van der Waals surface area contributed by atoms with Gasteiger partial charge in [0.2, 0.25) is 10.0 Å². The van der Waals surface area contributed by atoms with Crippen molar-refractivity contribution in [3.8, 4) is 0 Å². The van der Waals surface area contributed by atoms with E-state index in [4.69, 9.17) is 5.11 Å². The molecule has 0 spiro atoms. The zero-order chi connectivity index (χ0) is 15.5. The Kier molecular flexibility index (Phi) is 5.00. The maximum Gasteiger partial charge on any atom is 0.357 e. The number of carboxylic acid groups (broad SMARTS) is 1. The van der Waals surface area contributed by atoms with Crippen molar-refractivity contribution >= 4 is 16.0 Å². The van der Waals surface area contributed by atoms with Crippen LogP contribution in [0.4, 0.5) is 0 Å². The van der Waals surface area contributed by atoms with Gasteiger partial charge in [-0.3, -0.25) is 5.10 Å². The lowest BCUT2D eigenvalue weighted by Crippen LogP contribution is -2.27. The van der Waals surface area contributed by atoms with E-state index in [1.54, 1.807) is 0 Å².